The Morgan fingerprint density at radius 3 is 2.62 bits per heavy atom. The standard InChI is InChI=1S/C13H10ClF3N2O2/c1-20-9-4-2-3-8(5-9)7-21-11-6-10(14)18-12(19-11)13(15,16)17/h2-6H,7H2,1H3. The summed E-state index contributed by atoms with van der Waals surface area (Å²) < 4.78 is 47.9. The number of hydrogen-bond donors (Lipinski definition) is 0. The highest BCUT2D eigenvalue weighted by atomic mass is 35.5. The van der Waals surface area contributed by atoms with Crippen LogP contribution in [0.25, 0.3) is 0 Å². The minimum atomic E-state index is -4.68. The van der Waals surface area contributed by atoms with Gasteiger partial charge in [0.15, 0.2) is 0 Å². The van der Waals surface area contributed by atoms with Gasteiger partial charge in [-0.1, -0.05) is 23.7 Å². The molecule has 0 radical (unpaired) electrons. The van der Waals surface area contributed by atoms with Crippen molar-refractivity contribution >= 4 is 11.6 Å². The van der Waals surface area contributed by atoms with Gasteiger partial charge in [-0.05, 0) is 17.7 Å². The fourth-order valence-corrected chi connectivity index (χ4v) is 1.69. The van der Waals surface area contributed by atoms with Crippen LogP contribution in [0.1, 0.15) is 11.4 Å². The van der Waals surface area contributed by atoms with Crippen LogP contribution in [0.15, 0.2) is 30.3 Å². The summed E-state index contributed by atoms with van der Waals surface area (Å²) in [5.41, 5.74) is 0.720. The predicted octanol–water partition coefficient (Wildman–Crippen LogP) is 3.74. The Hall–Kier alpha value is -2.02. The molecule has 4 nitrogen and oxygen atoms in total. The van der Waals surface area contributed by atoms with E-state index in [4.69, 9.17) is 21.1 Å². The maximum atomic E-state index is 12.6. The van der Waals surface area contributed by atoms with Gasteiger partial charge in [-0.25, -0.2) is 4.98 Å². The van der Waals surface area contributed by atoms with E-state index in [0.717, 1.165) is 11.6 Å². The lowest BCUT2D eigenvalue weighted by molar-refractivity contribution is -0.145. The fraction of sp³-hybridized carbons (Fsp3) is 0.231. The molecule has 0 saturated carbocycles. The van der Waals surface area contributed by atoms with Gasteiger partial charge in [0.1, 0.15) is 17.5 Å². The summed E-state index contributed by atoms with van der Waals surface area (Å²) in [6.45, 7) is 0.0296. The first-order valence-corrected chi connectivity index (χ1v) is 6.14. The number of benzene rings is 1. The van der Waals surface area contributed by atoms with Gasteiger partial charge >= 0.3 is 6.18 Å². The van der Waals surface area contributed by atoms with Gasteiger partial charge in [-0.15, -0.1) is 0 Å². The zero-order chi connectivity index (χ0) is 15.5. The molecule has 8 heteroatoms. The molecule has 0 unspecified atom stereocenters. The van der Waals surface area contributed by atoms with Gasteiger partial charge in [-0.3, -0.25) is 0 Å². The first-order valence-electron chi connectivity index (χ1n) is 5.76. The molecule has 0 spiro atoms. The largest absolute Gasteiger partial charge is 0.497 e. The van der Waals surface area contributed by atoms with E-state index in [-0.39, 0.29) is 17.6 Å². The van der Waals surface area contributed by atoms with Crippen LogP contribution in [0, 0.1) is 0 Å². The molecular weight excluding hydrogens is 309 g/mol. The lowest BCUT2D eigenvalue weighted by Gasteiger charge is -2.09. The van der Waals surface area contributed by atoms with E-state index in [2.05, 4.69) is 9.97 Å². The number of halogens is 4. The normalized spacial score (nSPS) is 11.3. The highest BCUT2D eigenvalue weighted by molar-refractivity contribution is 6.29. The van der Waals surface area contributed by atoms with Gasteiger partial charge in [0.2, 0.25) is 11.7 Å². The number of rotatable bonds is 4. The van der Waals surface area contributed by atoms with E-state index >= 15 is 0 Å². The Labute approximate surface area is 123 Å². The van der Waals surface area contributed by atoms with E-state index in [1.54, 1.807) is 24.3 Å². The number of ether oxygens (including phenoxy) is 2. The van der Waals surface area contributed by atoms with Crippen LogP contribution in [-0.2, 0) is 12.8 Å². The predicted molar refractivity (Wildman–Crippen MR) is 69.4 cm³/mol. The summed E-state index contributed by atoms with van der Waals surface area (Å²) in [5, 5.41) is -0.335. The van der Waals surface area contributed by atoms with Gasteiger partial charge in [-0.2, -0.15) is 18.2 Å². The van der Waals surface area contributed by atoms with E-state index in [1.165, 1.54) is 7.11 Å². The molecule has 0 atom stereocenters. The smallest absolute Gasteiger partial charge is 0.451 e. The highest BCUT2D eigenvalue weighted by Crippen LogP contribution is 2.29. The van der Waals surface area contributed by atoms with Crippen LogP contribution in [0.2, 0.25) is 5.15 Å². The molecule has 21 heavy (non-hydrogen) atoms. The summed E-state index contributed by atoms with van der Waals surface area (Å²) in [4.78, 5) is 6.41. The van der Waals surface area contributed by atoms with E-state index in [1.807, 2.05) is 0 Å². The van der Waals surface area contributed by atoms with Crippen molar-refractivity contribution in [2.45, 2.75) is 12.8 Å². The topological polar surface area (TPSA) is 44.2 Å². The first kappa shape index (κ1) is 15.4. The van der Waals surface area contributed by atoms with Gasteiger partial charge in [0, 0.05) is 6.07 Å². The van der Waals surface area contributed by atoms with Crippen LogP contribution in [-0.4, -0.2) is 17.1 Å². The molecule has 1 aromatic heterocycles. The monoisotopic (exact) mass is 318 g/mol. The number of nitrogens with zero attached hydrogens (tertiary/aromatic N) is 2. The summed E-state index contributed by atoms with van der Waals surface area (Å²) in [5.74, 6) is -0.964. The molecule has 0 aliphatic carbocycles. The van der Waals surface area contributed by atoms with Gasteiger partial charge in [0.05, 0.1) is 7.11 Å². The second-order valence-corrected chi connectivity index (χ2v) is 4.38. The average Bonchev–Trinajstić information content (AvgIpc) is 2.44. The second-order valence-electron chi connectivity index (χ2n) is 3.99. The quantitative estimate of drug-likeness (QED) is 0.806. The summed E-state index contributed by atoms with van der Waals surface area (Å²) in [6, 6.07) is 8.05. The summed E-state index contributed by atoms with van der Waals surface area (Å²) >= 11 is 5.53. The zero-order valence-electron chi connectivity index (χ0n) is 10.8. The third-order valence-electron chi connectivity index (χ3n) is 2.45. The van der Waals surface area contributed by atoms with E-state index in [0.29, 0.717) is 5.75 Å². The lowest BCUT2D eigenvalue weighted by atomic mass is 10.2. The van der Waals surface area contributed by atoms with Crippen LogP contribution < -0.4 is 9.47 Å². The highest BCUT2D eigenvalue weighted by Gasteiger charge is 2.35. The molecule has 1 aromatic carbocycles. The molecule has 2 rings (SSSR count). The van der Waals surface area contributed by atoms with Crippen molar-refractivity contribution in [1.82, 2.24) is 9.97 Å². The Morgan fingerprint density at radius 1 is 1.19 bits per heavy atom. The average molecular weight is 319 g/mol. The van der Waals surface area contributed by atoms with Crippen LogP contribution in [0.5, 0.6) is 11.6 Å². The number of methoxy groups -OCH3 is 1. The third kappa shape index (κ3) is 4.22. The van der Waals surface area contributed by atoms with Crippen LogP contribution >= 0.6 is 11.6 Å². The molecule has 0 amide bonds. The Bertz CT molecular complexity index is 635. The number of aromatic nitrogens is 2. The second kappa shape index (κ2) is 6.17. The molecular formula is C13H10ClF3N2O2. The summed E-state index contributed by atoms with van der Waals surface area (Å²) in [6.07, 6.45) is -4.68. The third-order valence-corrected chi connectivity index (χ3v) is 2.64. The molecule has 1 heterocycles. The van der Waals surface area contributed by atoms with Crippen molar-refractivity contribution < 1.29 is 22.6 Å². The molecule has 0 fully saturated rings. The maximum Gasteiger partial charge on any atom is 0.451 e. The Balaban J connectivity index is 2.14. The SMILES string of the molecule is COc1cccc(COc2cc(Cl)nc(C(F)(F)F)n2)c1. The fourth-order valence-electron chi connectivity index (χ4n) is 1.52. The van der Waals surface area contributed by atoms with Crippen LogP contribution in [0.4, 0.5) is 13.2 Å². The van der Waals surface area contributed by atoms with Crippen molar-refractivity contribution in [3.63, 3.8) is 0 Å². The van der Waals surface area contributed by atoms with E-state index < -0.39 is 12.0 Å². The maximum absolute atomic E-state index is 12.6. The first-order chi connectivity index (χ1) is 9.88. The summed E-state index contributed by atoms with van der Waals surface area (Å²) in [7, 11) is 1.51. The Morgan fingerprint density at radius 2 is 1.95 bits per heavy atom. The van der Waals surface area contributed by atoms with Crippen LogP contribution in [0.3, 0.4) is 0 Å². The minimum absolute atomic E-state index is 0.0296. The number of hydrogen-bond acceptors (Lipinski definition) is 4. The molecule has 0 saturated heterocycles. The van der Waals surface area contributed by atoms with Crippen molar-refractivity contribution in [3.05, 3.63) is 46.9 Å². The lowest BCUT2D eigenvalue weighted by Crippen LogP contribution is -2.12. The van der Waals surface area contributed by atoms with Crippen molar-refractivity contribution in [1.29, 1.82) is 0 Å². The molecule has 0 aliphatic heterocycles. The zero-order valence-corrected chi connectivity index (χ0v) is 11.6. The van der Waals surface area contributed by atoms with Gasteiger partial charge in [0.25, 0.3) is 0 Å². The van der Waals surface area contributed by atoms with Gasteiger partial charge < -0.3 is 9.47 Å². The molecule has 0 N–H and O–H groups in total. The molecule has 0 aliphatic rings. The molecule has 112 valence electrons. The van der Waals surface area contributed by atoms with Crippen molar-refractivity contribution in [2.75, 3.05) is 7.11 Å². The van der Waals surface area contributed by atoms with Crippen molar-refractivity contribution in [2.24, 2.45) is 0 Å². The molecule has 0 bridgehead atoms. The van der Waals surface area contributed by atoms with E-state index in [9.17, 15) is 13.2 Å². The minimum Gasteiger partial charge on any atom is -0.497 e. The Kier molecular flexibility index (Phi) is 4.52. The number of alkyl halides is 3. The molecule has 2 aromatic rings. The van der Waals surface area contributed by atoms with Crippen molar-refractivity contribution in [3.8, 4) is 11.6 Å².